The molecule has 1 fully saturated rings. The van der Waals surface area contributed by atoms with Crippen molar-refractivity contribution in [1.82, 2.24) is 4.90 Å². The Balaban J connectivity index is 1.97. The summed E-state index contributed by atoms with van der Waals surface area (Å²) >= 11 is 10.2. The van der Waals surface area contributed by atoms with E-state index in [-0.39, 0.29) is 16.8 Å². The monoisotopic (exact) mass is 413 g/mol. The Hall–Kier alpha value is -1.31. The first kappa shape index (κ1) is 16.5. The van der Waals surface area contributed by atoms with Crippen LogP contribution in [0.1, 0.15) is 29.1 Å². The van der Waals surface area contributed by atoms with Crippen molar-refractivity contribution in [1.29, 1.82) is 0 Å². The lowest BCUT2D eigenvalue weighted by Crippen LogP contribution is -2.42. The number of thiophene rings is 1. The summed E-state index contributed by atoms with van der Waals surface area (Å²) in [6.45, 7) is 3.74. The molecule has 1 aromatic heterocycles. The summed E-state index contributed by atoms with van der Waals surface area (Å²) < 4.78 is 20.8. The van der Waals surface area contributed by atoms with Gasteiger partial charge in [-0.1, -0.05) is 12.1 Å². The van der Waals surface area contributed by atoms with E-state index in [1.807, 2.05) is 26.0 Å². The molecule has 1 aromatic carbocycles. The molecule has 0 aliphatic carbocycles. The van der Waals surface area contributed by atoms with Crippen molar-refractivity contribution in [3.05, 3.63) is 56.4 Å². The third-order valence-electron chi connectivity index (χ3n) is 4.07. The number of thiocarbonyl (C=S) groups is 1. The fourth-order valence-corrected chi connectivity index (χ4v) is 4.55. The van der Waals surface area contributed by atoms with Crippen molar-refractivity contribution < 1.29 is 13.9 Å². The van der Waals surface area contributed by atoms with Crippen molar-refractivity contribution in [2.45, 2.75) is 25.5 Å². The van der Waals surface area contributed by atoms with Gasteiger partial charge < -0.3 is 4.74 Å². The van der Waals surface area contributed by atoms with Crippen LogP contribution in [0.5, 0.6) is 0 Å². The highest BCUT2D eigenvalue weighted by Gasteiger charge is 2.51. The lowest BCUT2D eigenvalue weighted by atomic mass is 9.95. The van der Waals surface area contributed by atoms with Gasteiger partial charge in [0.2, 0.25) is 0 Å². The van der Waals surface area contributed by atoms with Gasteiger partial charge >= 0.3 is 0 Å². The summed E-state index contributed by atoms with van der Waals surface area (Å²) in [7, 11) is 0. The third kappa shape index (κ3) is 2.70. The van der Waals surface area contributed by atoms with Gasteiger partial charge in [0.15, 0.2) is 5.60 Å². The second-order valence-electron chi connectivity index (χ2n) is 5.41. The molecule has 3 rings (SSSR count). The van der Waals surface area contributed by atoms with Gasteiger partial charge in [-0.2, -0.15) is 0 Å². The number of carbonyl (C=O) groups is 1. The Kier molecular flexibility index (Phi) is 4.29. The number of ether oxygens (including phenoxy) is 1. The van der Waals surface area contributed by atoms with Gasteiger partial charge in [-0.15, -0.1) is 11.3 Å². The van der Waals surface area contributed by atoms with Crippen molar-refractivity contribution in [2.75, 3.05) is 0 Å². The van der Waals surface area contributed by atoms with Crippen molar-refractivity contribution >= 4 is 50.6 Å². The van der Waals surface area contributed by atoms with Crippen molar-refractivity contribution in [3.63, 3.8) is 0 Å². The first-order valence-corrected chi connectivity index (χ1v) is 8.93. The molecule has 23 heavy (non-hydrogen) atoms. The maximum atomic E-state index is 13.9. The van der Waals surface area contributed by atoms with E-state index in [1.54, 1.807) is 12.1 Å². The molecule has 2 atom stereocenters. The van der Waals surface area contributed by atoms with Gasteiger partial charge in [-0.3, -0.25) is 9.69 Å². The maximum absolute atomic E-state index is 13.9. The average Bonchev–Trinajstić information content (AvgIpc) is 3.03. The minimum absolute atomic E-state index is 0.0121. The van der Waals surface area contributed by atoms with Gasteiger partial charge in [0.25, 0.3) is 11.1 Å². The maximum Gasteiger partial charge on any atom is 0.267 e. The largest absolute Gasteiger partial charge is 0.456 e. The van der Waals surface area contributed by atoms with E-state index in [2.05, 4.69) is 15.9 Å². The Morgan fingerprint density at radius 1 is 1.39 bits per heavy atom. The summed E-state index contributed by atoms with van der Waals surface area (Å²) in [5, 5.41) is 0.0674. The molecule has 0 bridgehead atoms. The minimum Gasteiger partial charge on any atom is -0.456 e. The Morgan fingerprint density at radius 2 is 2.09 bits per heavy atom. The van der Waals surface area contributed by atoms with Gasteiger partial charge in [0.05, 0.1) is 20.3 Å². The lowest BCUT2D eigenvalue weighted by molar-refractivity contribution is 0.0667. The van der Waals surface area contributed by atoms with Crippen LogP contribution in [-0.2, 0) is 10.3 Å². The van der Waals surface area contributed by atoms with Crippen LogP contribution < -0.4 is 0 Å². The number of carbonyl (C=O) groups excluding carboxylic acids is 1. The topological polar surface area (TPSA) is 29.5 Å². The molecule has 120 valence electrons. The molecule has 2 aromatic rings. The second kappa shape index (κ2) is 5.96. The molecule has 2 unspecified atom stereocenters. The first-order chi connectivity index (χ1) is 10.8. The van der Waals surface area contributed by atoms with Gasteiger partial charge in [-0.25, -0.2) is 4.39 Å². The van der Waals surface area contributed by atoms with E-state index < -0.39 is 17.3 Å². The number of halogens is 2. The lowest BCUT2D eigenvalue weighted by Gasteiger charge is -2.27. The quantitative estimate of drug-likeness (QED) is 0.667. The van der Waals surface area contributed by atoms with Crippen molar-refractivity contribution in [2.24, 2.45) is 0 Å². The Bertz CT molecular complexity index is 794. The summed E-state index contributed by atoms with van der Waals surface area (Å²) in [6.07, 6.45) is 0. The number of hydrogen-bond acceptors (Lipinski definition) is 4. The van der Waals surface area contributed by atoms with E-state index in [0.717, 1.165) is 8.66 Å². The molecule has 7 heteroatoms. The van der Waals surface area contributed by atoms with Crippen LogP contribution in [-0.4, -0.2) is 22.0 Å². The standard InChI is InChI=1S/C16H13BrFNO2S2/c1-9-16(2,12-7-8-13(17)23-12)21-15(22)19(9)14(20)10-5-3-4-6-11(10)18/h3-9H,1-2H3. The molecular weight excluding hydrogens is 401 g/mol. The molecule has 0 radical (unpaired) electrons. The zero-order chi connectivity index (χ0) is 16.8. The van der Waals surface area contributed by atoms with E-state index in [4.69, 9.17) is 17.0 Å². The Morgan fingerprint density at radius 3 is 2.70 bits per heavy atom. The normalized spacial score (nSPS) is 23.9. The summed E-state index contributed by atoms with van der Waals surface area (Å²) in [6, 6.07) is 9.37. The second-order valence-corrected chi connectivity index (χ2v) is 8.22. The van der Waals surface area contributed by atoms with Gasteiger partial charge in [-0.05, 0) is 66.3 Å². The van der Waals surface area contributed by atoms with Crippen LogP contribution in [0.2, 0.25) is 0 Å². The summed E-state index contributed by atoms with van der Waals surface area (Å²) in [5.74, 6) is -1.06. The zero-order valence-corrected chi connectivity index (χ0v) is 15.6. The number of rotatable bonds is 2. The van der Waals surface area contributed by atoms with Gasteiger partial charge in [0.1, 0.15) is 5.82 Å². The highest BCUT2D eigenvalue weighted by Crippen LogP contribution is 2.43. The summed E-state index contributed by atoms with van der Waals surface area (Å²) in [5.41, 5.74) is -0.767. The number of benzene rings is 1. The zero-order valence-electron chi connectivity index (χ0n) is 12.4. The number of amides is 1. The van der Waals surface area contributed by atoms with E-state index in [9.17, 15) is 9.18 Å². The molecule has 1 aliphatic heterocycles. The predicted octanol–water partition coefficient (Wildman–Crippen LogP) is 4.71. The van der Waals surface area contributed by atoms with E-state index >= 15 is 0 Å². The highest BCUT2D eigenvalue weighted by molar-refractivity contribution is 9.11. The van der Waals surface area contributed by atoms with E-state index in [0.29, 0.717) is 0 Å². The van der Waals surface area contributed by atoms with Crippen LogP contribution in [0.4, 0.5) is 4.39 Å². The molecule has 0 N–H and O–H groups in total. The fourth-order valence-electron chi connectivity index (χ4n) is 2.58. The molecule has 1 amide bonds. The van der Waals surface area contributed by atoms with Gasteiger partial charge in [0, 0.05) is 0 Å². The fraction of sp³-hybridized carbons (Fsp3) is 0.250. The van der Waals surface area contributed by atoms with Crippen LogP contribution in [0.25, 0.3) is 0 Å². The summed E-state index contributed by atoms with van der Waals surface area (Å²) in [4.78, 5) is 15.0. The van der Waals surface area contributed by atoms with Crippen LogP contribution >= 0.6 is 39.5 Å². The molecule has 3 nitrogen and oxygen atoms in total. The smallest absolute Gasteiger partial charge is 0.267 e. The average molecular weight is 414 g/mol. The molecule has 0 spiro atoms. The molecule has 1 aliphatic rings. The van der Waals surface area contributed by atoms with Crippen LogP contribution in [0.3, 0.4) is 0 Å². The third-order valence-corrected chi connectivity index (χ3v) is 6.19. The van der Waals surface area contributed by atoms with E-state index in [1.165, 1.54) is 28.4 Å². The van der Waals surface area contributed by atoms with Crippen LogP contribution in [0, 0.1) is 5.82 Å². The highest BCUT2D eigenvalue weighted by atomic mass is 79.9. The minimum atomic E-state index is -0.755. The first-order valence-electron chi connectivity index (χ1n) is 6.91. The van der Waals surface area contributed by atoms with Crippen LogP contribution in [0.15, 0.2) is 40.2 Å². The number of hydrogen-bond donors (Lipinski definition) is 0. The molecule has 0 saturated carbocycles. The van der Waals surface area contributed by atoms with Crippen molar-refractivity contribution in [3.8, 4) is 0 Å². The Labute approximate surface area is 151 Å². The molecular formula is C16H13BrFNO2S2. The molecule has 2 heterocycles. The molecule has 1 saturated heterocycles. The predicted molar refractivity (Wildman–Crippen MR) is 95.1 cm³/mol. The number of nitrogens with zero attached hydrogens (tertiary/aromatic N) is 1. The SMILES string of the molecule is CC1N(C(=O)c2ccccc2F)C(=S)OC1(C)c1ccc(Br)s1.